The third-order valence-electron chi connectivity index (χ3n) is 16.4. The highest BCUT2D eigenvalue weighted by atomic mass is 16.5. The van der Waals surface area contributed by atoms with Crippen LogP contribution in [-0.4, -0.2) is 47.4 Å². The van der Waals surface area contributed by atoms with Gasteiger partial charge in [0.2, 0.25) is 5.91 Å². The Hall–Kier alpha value is -1.92. The number of carbonyl (C=O) groups excluding carboxylic acids is 2. The van der Waals surface area contributed by atoms with Crippen molar-refractivity contribution in [2.75, 3.05) is 13.2 Å². The van der Waals surface area contributed by atoms with Gasteiger partial charge in [0.15, 0.2) is 0 Å². The van der Waals surface area contributed by atoms with E-state index >= 15 is 0 Å². The van der Waals surface area contributed by atoms with E-state index in [1.165, 1.54) is 308 Å². The van der Waals surface area contributed by atoms with Crippen LogP contribution in [0.1, 0.15) is 386 Å². The van der Waals surface area contributed by atoms with Gasteiger partial charge < -0.3 is 20.3 Å². The summed E-state index contributed by atoms with van der Waals surface area (Å²) in [4.78, 5) is 24.6. The number of ether oxygens (including phenoxy) is 1. The van der Waals surface area contributed by atoms with Gasteiger partial charge in [0.25, 0.3) is 0 Å². The van der Waals surface area contributed by atoms with Crippen LogP contribution >= 0.6 is 0 Å². The van der Waals surface area contributed by atoms with Gasteiger partial charge >= 0.3 is 5.97 Å². The number of amides is 1. The maximum atomic E-state index is 12.5. The molecule has 0 bridgehead atoms. The predicted octanol–water partition coefficient (Wildman–Crippen LogP) is 22.7. The van der Waals surface area contributed by atoms with Crippen molar-refractivity contribution < 1.29 is 24.5 Å². The maximum absolute atomic E-state index is 12.5. The van der Waals surface area contributed by atoms with Crippen LogP contribution in [0.3, 0.4) is 0 Å². The van der Waals surface area contributed by atoms with E-state index in [-0.39, 0.29) is 18.5 Å². The van der Waals surface area contributed by atoms with Gasteiger partial charge in [-0.05, 0) is 64.2 Å². The molecule has 0 rings (SSSR count). The number of allylic oxidation sites excluding steroid dienone is 5. The summed E-state index contributed by atoms with van der Waals surface area (Å²) in [5.41, 5.74) is 0. The van der Waals surface area contributed by atoms with Crippen molar-refractivity contribution in [2.45, 2.75) is 398 Å². The first-order valence-corrected chi connectivity index (χ1v) is 35.3. The molecule has 0 heterocycles. The van der Waals surface area contributed by atoms with Gasteiger partial charge in [-0.25, -0.2) is 0 Å². The Balaban J connectivity index is 3.35. The van der Waals surface area contributed by atoms with E-state index in [0.717, 1.165) is 51.4 Å². The molecule has 1 amide bonds. The number of rotatable bonds is 66. The molecule has 2 unspecified atom stereocenters. The smallest absolute Gasteiger partial charge is 0.305 e. The molecule has 0 fully saturated rings. The number of aliphatic hydroxyl groups excluding tert-OH is 2. The molecule has 0 spiro atoms. The lowest BCUT2D eigenvalue weighted by molar-refractivity contribution is -0.143. The zero-order valence-electron chi connectivity index (χ0n) is 52.7. The molecule has 0 aliphatic carbocycles. The van der Waals surface area contributed by atoms with Gasteiger partial charge in [-0.15, -0.1) is 0 Å². The van der Waals surface area contributed by atoms with Gasteiger partial charge in [0, 0.05) is 12.8 Å². The minimum absolute atomic E-state index is 0.00604. The molecule has 460 valence electrons. The molecule has 2 atom stereocenters. The fourth-order valence-corrected chi connectivity index (χ4v) is 11.0. The van der Waals surface area contributed by atoms with E-state index in [2.05, 4.69) is 43.5 Å². The Morgan fingerprint density at radius 1 is 0.359 bits per heavy atom. The van der Waals surface area contributed by atoms with Crippen LogP contribution in [0.25, 0.3) is 0 Å². The summed E-state index contributed by atoms with van der Waals surface area (Å²) in [6, 6.07) is -0.625. The number of unbranched alkanes of at least 4 members (excludes halogenated alkanes) is 51. The predicted molar refractivity (Wildman–Crippen MR) is 343 cm³/mol. The lowest BCUT2D eigenvalue weighted by atomic mass is 10.0. The highest BCUT2D eigenvalue weighted by molar-refractivity contribution is 5.76. The fourth-order valence-electron chi connectivity index (χ4n) is 11.0. The summed E-state index contributed by atoms with van der Waals surface area (Å²) < 4.78 is 5.49. The first kappa shape index (κ1) is 76.1. The van der Waals surface area contributed by atoms with Crippen LogP contribution in [0.2, 0.25) is 0 Å². The molecule has 0 saturated carbocycles. The molecule has 78 heavy (non-hydrogen) atoms. The molecule has 0 aromatic rings. The van der Waals surface area contributed by atoms with Crippen molar-refractivity contribution in [3.8, 4) is 0 Å². The van der Waals surface area contributed by atoms with Gasteiger partial charge in [-0.1, -0.05) is 346 Å². The second-order valence-electron chi connectivity index (χ2n) is 24.2. The number of hydrogen-bond donors (Lipinski definition) is 3. The standard InChI is InChI=1S/C72H137NO5/c1-3-5-7-9-11-13-15-17-19-37-40-44-48-52-56-60-64-70(75)69(68-74)73-71(76)65-61-57-53-49-45-41-38-34-32-30-28-26-24-22-20-21-23-25-27-29-31-33-35-39-43-47-51-55-59-63-67-78-72(77)66-62-58-54-50-46-42-36-18-16-14-12-10-8-6-4-2/h12,14,18,36,60,64,69-70,74-75H,3-11,13,15-17,19-35,37-59,61-63,65-68H2,1-2H3,(H,73,76)/b14-12-,36-18-,64-60+. The highest BCUT2D eigenvalue weighted by Crippen LogP contribution is 2.19. The van der Waals surface area contributed by atoms with Gasteiger partial charge in [-0.3, -0.25) is 9.59 Å². The average Bonchev–Trinajstić information content (AvgIpc) is 3.44. The van der Waals surface area contributed by atoms with Crippen LogP contribution < -0.4 is 5.32 Å². The zero-order valence-corrected chi connectivity index (χ0v) is 52.7. The van der Waals surface area contributed by atoms with E-state index in [9.17, 15) is 19.8 Å². The molecule has 0 saturated heterocycles. The Morgan fingerprint density at radius 3 is 1.00 bits per heavy atom. The second-order valence-corrected chi connectivity index (χ2v) is 24.2. The first-order valence-electron chi connectivity index (χ1n) is 35.3. The SMILES string of the molecule is CCCCC/C=C\C/C=C\CCCCCCCC(=O)OCCCCCCCCCCCCCCCCCCCCCCCCCCCCCCCCC(=O)NC(CO)C(O)/C=C/CCCCCCCCCCCCCCCC. The summed E-state index contributed by atoms with van der Waals surface area (Å²) in [6.07, 6.45) is 86.5. The van der Waals surface area contributed by atoms with Crippen molar-refractivity contribution in [2.24, 2.45) is 0 Å². The fraction of sp³-hybridized carbons (Fsp3) is 0.889. The molecule has 0 aliphatic heterocycles. The summed E-state index contributed by atoms with van der Waals surface area (Å²) in [6.45, 7) is 4.90. The molecule has 3 N–H and O–H groups in total. The largest absolute Gasteiger partial charge is 0.466 e. The number of nitrogens with one attached hydrogen (secondary N) is 1. The third-order valence-corrected chi connectivity index (χ3v) is 16.4. The van der Waals surface area contributed by atoms with E-state index in [1.807, 2.05) is 6.08 Å². The van der Waals surface area contributed by atoms with Crippen LogP contribution in [0.5, 0.6) is 0 Å². The average molecular weight is 1100 g/mol. The van der Waals surface area contributed by atoms with Crippen LogP contribution in [0.4, 0.5) is 0 Å². The molecule has 0 aliphatic rings. The first-order chi connectivity index (χ1) is 38.5. The molecular weight excluding hydrogens is 959 g/mol. The van der Waals surface area contributed by atoms with Crippen molar-refractivity contribution in [1.82, 2.24) is 5.32 Å². The minimum Gasteiger partial charge on any atom is -0.466 e. The molecule has 0 aromatic carbocycles. The monoisotopic (exact) mass is 1100 g/mol. The van der Waals surface area contributed by atoms with Crippen molar-refractivity contribution >= 4 is 11.9 Å². The Bertz CT molecular complexity index is 1260. The second kappa shape index (κ2) is 67.6. The van der Waals surface area contributed by atoms with E-state index in [1.54, 1.807) is 6.08 Å². The van der Waals surface area contributed by atoms with Crippen LogP contribution in [0, 0.1) is 0 Å². The van der Waals surface area contributed by atoms with E-state index in [4.69, 9.17) is 4.74 Å². The topological polar surface area (TPSA) is 95.9 Å². The number of hydrogen-bond acceptors (Lipinski definition) is 5. The quantitative estimate of drug-likeness (QED) is 0.0320. The normalized spacial score (nSPS) is 12.7. The summed E-state index contributed by atoms with van der Waals surface area (Å²) in [7, 11) is 0. The third kappa shape index (κ3) is 63.3. The Kier molecular flexibility index (Phi) is 65.9. The van der Waals surface area contributed by atoms with Crippen molar-refractivity contribution in [1.29, 1.82) is 0 Å². The molecule has 6 heteroatoms. The van der Waals surface area contributed by atoms with Crippen molar-refractivity contribution in [3.05, 3.63) is 36.5 Å². The minimum atomic E-state index is -0.842. The summed E-state index contributed by atoms with van der Waals surface area (Å²) in [5.74, 6) is -0.0556. The lowest BCUT2D eigenvalue weighted by Crippen LogP contribution is -2.45. The van der Waals surface area contributed by atoms with Crippen LogP contribution in [-0.2, 0) is 14.3 Å². The van der Waals surface area contributed by atoms with Gasteiger partial charge in [0.1, 0.15) is 0 Å². The van der Waals surface area contributed by atoms with E-state index in [0.29, 0.717) is 19.4 Å². The highest BCUT2D eigenvalue weighted by Gasteiger charge is 2.18. The Morgan fingerprint density at radius 2 is 0.641 bits per heavy atom. The van der Waals surface area contributed by atoms with E-state index < -0.39 is 12.1 Å². The molecule has 0 aromatic heterocycles. The number of esters is 1. The lowest BCUT2D eigenvalue weighted by Gasteiger charge is -2.20. The zero-order chi connectivity index (χ0) is 56.4. The molecular formula is C72H137NO5. The van der Waals surface area contributed by atoms with Crippen molar-refractivity contribution in [3.63, 3.8) is 0 Å². The molecule has 0 radical (unpaired) electrons. The Labute approximate surface area is 487 Å². The summed E-state index contributed by atoms with van der Waals surface area (Å²) >= 11 is 0. The number of aliphatic hydroxyl groups is 2. The van der Waals surface area contributed by atoms with Crippen LogP contribution in [0.15, 0.2) is 36.5 Å². The van der Waals surface area contributed by atoms with Gasteiger partial charge in [0.05, 0.1) is 25.4 Å². The summed E-state index contributed by atoms with van der Waals surface area (Å²) in [5, 5.41) is 23.2. The maximum Gasteiger partial charge on any atom is 0.305 e. The molecule has 6 nitrogen and oxygen atoms in total. The number of carbonyl (C=O) groups is 2. The van der Waals surface area contributed by atoms with Gasteiger partial charge in [-0.2, -0.15) is 0 Å².